The van der Waals surface area contributed by atoms with Crippen LogP contribution in [-0.2, 0) is 4.74 Å². The summed E-state index contributed by atoms with van der Waals surface area (Å²) in [5.74, 6) is 0.314. The van der Waals surface area contributed by atoms with Crippen LogP contribution in [0.25, 0.3) is 0 Å². The molecule has 18 heavy (non-hydrogen) atoms. The molecule has 1 heterocycles. The Morgan fingerprint density at radius 2 is 2.11 bits per heavy atom. The second kappa shape index (κ2) is 6.91. The minimum atomic E-state index is -0.337. The average molecular weight is 248 g/mol. The summed E-state index contributed by atoms with van der Waals surface area (Å²) in [5, 5.41) is 10.2. The van der Waals surface area contributed by atoms with Gasteiger partial charge in [-0.15, -0.1) is 0 Å². The van der Waals surface area contributed by atoms with Crippen LogP contribution in [0.4, 0.5) is 0 Å². The molecule has 0 saturated carbocycles. The molecule has 3 atom stereocenters. The molecule has 2 rings (SSSR count). The number of rotatable bonds is 6. The Balaban J connectivity index is 1.72. The van der Waals surface area contributed by atoms with Crippen LogP contribution in [0.2, 0.25) is 0 Å². The van der Waals surface area contributed by atoms with Gasteiger partial charge in [-0.05, 0) is 37.2 Å². The van der Waals surface area contributed by atoms with Crippen LogP contribution in [0.15, 0.2) is 30.3 Å². The van der Waals surface area contributed by atoms with Gasteiger partial charge in [0.15, 0.2) is 0 Å². The Morgan fingerprint density at radius 1 is 1.33 bits per heavy atom. The summed E-state index contributed by atoms with van der Waals surface area (Å²) in [4.78, 5) is 0. The number of aliphatic hydroxyl groups excluding tert-OH is 1. The normalized spacial score (nSPS) is 22.9. The lowest BCUT2D eigenvalue weighted by molar-refractivity contribution is 0.0886. The standard InChI is InChI=1S/C16H24O2/c1-13(7-5-10-15-11-6-12-18-15)16(17)14-8-3-2-4-9-14/h2-4,8-9,13,15-17H,5-7,10-12H2,1H3. The maximum Gasteiger partial charge on any atom is 0.0815 e. The van der Waals surface area contributed by atoms with Crippen molar-refractivity contribution in [2.24, 2.45) is 5.92 Å². The van der Waals surface area contributed by atoms with Crippen LogP contribution in [0.1, 0.15) is 50.7 Å². The van der Waals surface area contributed by atoms with Crippen molar-refractivity contribution in [1.29, 1.82) is 0 Å². The zero-order chi connectivity index (χ0) is 12.8. The van der Waals surface area contributed by atoms with Crippen LogP contribution in [0.3, 0.4) is 0 Å². The quantitative estimate of drug-likeness (QED) is 0.831. The smallest absolute Gasteiger partial charge is 0.0815 e. The lowest BCUT2D eigenvalue weighted by atomic mass is 9.92. The van der Waals surface area contributed by atoms with Gasteiger partial charge in [-0.3, -0.25) is 0 Å². The van der Waals surface area contributed by atoms with Crippen LogP contribution in [0.5, 0.6) is 0 Å². The van der Waals surface area contributed by atoms with Crippen molar-refractivity contribution in [2.45, 2.75) is 51.2 Å². The van der Waals surface area contributed by atoms with Crippen LogP contribution in [-0.4, -0.2) is 17.8 Å². The van der Waals surface area contributed by atoms with E-state index in [1.54, 1.807) is 0 Å². The third-order valence-electron chi connectivity index (χ3n) is 3.89. The van der Waals surface area contributed by atoms with E-state index in [4.69, 9.17) is 4.74 Å². The highest BCUT2D eigenvalue weighted by Crippen LogP contribution is 2.27. The summed E-state index contributed by atoms with van der Waals surface area (Å²) in [5.41, 5.74) is 1.03. The lowest BCUT2D eigenvalue weighted by Crippen LogP contribution is -2.11. The highest BCUT2D eigenvalue weighted by Gasteiger charge is 2.18. The minimum Gasteiger partial charge on any atom is -0.388 e. The van der Waals surface area contributed by atoms with Gasteiger partial charge in [0.2, 0.25) is 0 Å². The van der Waals surface area contributed by atoms with Crippen molar-refractivity contribution in [3.8, 4) is 0 Å². The van der Waals surface area contributed by atoms with Crippen LogP contribution >= 0.6 is 0 Å². The van der Waals surface area contributed by atoms with E-state index in [-0.39, 0.29) is 6.10 Å². The highest BCUT2D eigenvalue weighted by atomic mass is 16.5. The molecule has 0 aliphatic carbocycles. The maximum atomic E-state index is 10.2. The van der Waals surface area contributed by atoms with E-state index in [0.29, 0.717) is 12.0 Å². The van der Waals surface area contributed by atoms with Gasteiger partial charge in [-0.2, -0.15) is 0 Å². The summed E-state index contributed by atoms with van der Waals surface area (Å²) in [7, 11) is 0. The number of aliphatic hydroxyl groups is 1. The predicted molar refractivity (Wildman–Crippen MR) is 73.4 cm³/mol. The summed E-state index contributed by atoms with van der Waals surface area (Å²) >= 11 is 0. The monoisotopic (exact) mass is 248 g/mol. The molecule has 1 aromatic rings. The first-order chi connectivity index (χ1) is 8.77. The van der Waals surface area contributed by atoms with Crippen molar-refractivity contribution < 1.29 is 9.84 Å². The van der Waals surface area contributed by atoms with E-state index < -0.39 is 0 Å². The summed E-state index contributed by atoms with van der Waals surface area (Å²) < 4.78 is 5.62. The zero-order valence-electron chi connectivity index (χ0n) is 11.2. The Kier molecular flexibility index (Phi) is 5.21. The Morgan fingerprint density at radius 3 is 2.78 bits per heavy atom. The van der Waals surface area contributed by atoms with Crippen molar-refractivity contribution >= 4 is 0 Å². The largest absolute Gasteiger partial charge is 0.388 e. The molecular weight excluding hydrogens is 224 g/mol. The zero-order valence-corrected chi connectivity index (χ0v) is 11.2. The van der Waals surface area contributed by atoms with Crippen molar-refractivity contribution in [1.82, 2.24) is 0 Å². The average Bonchev–Trinajstić information content (AvgIpc) is 2.92. The van der Waals surface area contributed by atoms with E-state index in [0.717, 1.165) is 31.4 Å². The molecule has 2 nitrogen and oxygen atoms in total. The second-order valence-electron chi connectivity index (χ2n) is 5.40. The first-order valence-electron chi connectivity index (χ1n) is 7.12. The predicted octanol–water partition coefficient (Wildman–Crippen LogP) is 3.71. The van der Waals surface area contributed by atoms with E-state index in [2.05, 4.69) is 6.92 Å². The van der Waals surface area contributed by atoms with Gasteiger partial charge in [-0.25, -0.2) is 0 Å². The molecule has 0 spiro atoms. The van der Waals surface area contributed by atoms with Gasteiger partial charge >= 0.3 is 0 Å². The molecule has 2 heteroatoms. The molecule has 1 aromatic carbocycles. The molecule has 1 aliphatic heterocycles. The third kappa shape index (κ3) is 3.82. The molecule has 1 saturated heterocycles. The summed E-state index contributed by atoms with van der Waals surface area (Å²) in [6, 6.07) is 9.95. The van der Waals surface area contributed by atoms with Gasteiger partial charge in [0.1, 0.15) is 0 Å². The number of hydrogen-bond acceptors (Lipinski definition) is 2. The Bertz CT molecular complexity index is 330. The maximum absolute atomic E-state index is 10.2. The minimum absolute atomic E-state index is 0.314. The molecule has 0 amide bonds. The van der Waals surface area contributed by atoms with E-state index in [1.807, 2.05) is 30.3 Å². The third-order valence-corrected chi connectivity index (χ3v) is 3.89. The second-order valence-corrected chi connectivity index (χ2v) is 5.40. The fourth-order valence-electron chi connectivity index (χ4n) is 2.68. The van der Waals surface area contributed by atoms with Crippen LogP contribution < -0.4 is 0 Å². The molecule has 100 valence electrons. The highest BCUT2D eigenvalue weighted by molar-refractivity contribution is 5.17. The van der Waals surface area contributed by atoms with E-state index in [9.17, 15) is 5.11 Å². The number of hydrogen-bond donors (Lipinski definition) is 1. The first-order valence-corrected chi connectivity index (χ1v) is 7.12. The molecule has 3 unspecified atom stereocenters. The molecule has 0 aromatic heterocycles. The van der Waals surface area contributed by atoms with Crippen LogP contribution in [0, 0.1) is 5.92 Å². The molecule has 1 N–H and O–H groups in total. The van der Waals surface area contributed by atoms with Gasteiger partial charge in [0, 0.05) is 6.61 Å². The van der Waals surface area contributed by atoms with Gasteiger partial charge in [0.05, 0.1) is 12.2 Å². The SMILES string of the molecule is CC(CCCC1CCCO1)C(O)c1ccccc1. The van der Waals surface area contributed by atoms with Gasteiger partial charge < -0.3 is 9.84 Å². The van der Waals surface area contributed by atoms with E-state index in [1.165, 1.54) is 12.8 Å². The van der Waals surface area contributed by atoms with E-state index >= 15 is 0 Å². The molecule has 0 bridgehead atoms. The summed E-state index contributed by atoms with van der Waals surface area (Å²) in [6.07, 6.45) is 5.93. The molecule has 0 radical (unpaired) electrons. The Labute approximate surface area is 110 Å². The fourth-order valence-corrected chi connectivity index (χ4v) is 2.68. The van der Waals surface area contributed by atoms with Crippen molar-refractivity contribution in [3.05, 3.63) is 35.9 Å². The molecule has 1 fully saturated rings. The topological polar surface area (TPSA) is 29.5 Å². The summed E-state index contributed by atoms with van der Waals surface area (Å²) in [6.45, 7) is 3.07. The first kappa shape index (κ1) is 13.6. The number of benzene rings is 1. The Hall–Kier alpha value is -0.860. The van der Waals surface area contributed by atoms with Gasteiger partial charge in [-0.1, -0.05) is 43.7 Å². The number of ether oxygens (including phenoxy) is 1. The molecule has 1 aliphatic rings. The lowest BCUT2D eigenvalue weighted by Gasteiger charge is -2.19. The molecular formula is C16H24O2. The van der Waals surface area contributed by atoms with Crippen molar-refractivity contribution in [3.63, 3.8) is 0 Å². The fraction of sp³-hybridized carbons (Fsp3) is 0.625. The van der Waals surface area contributed by atoms with Crippen molar-refractivity contribution in [2.75, 3.05) is 6.61 Å². The van der Waals surface area contributed by atoms with Gasteiger partial charge in [0.25, 0.3) is 0 Å².